The Balaban J connectivity index is 1.58. The lowest BCUT2D eigenvalue weighted by molar-refractivity contribution is 0.102. The Bertz CT molecular complexity index is 1040. The number of aromatic nitrogens is 5. The maximum Gasteiger partial charge on any atom is 0.259 e. The van der Waals surface area contributed by atoms with Gasteiger partial charge in [-0.3, -0.25) is 4.79 Å². The van der Waals surface area contributed by atoms with Gasteiger partial charge in [-0.1, -0.05) is 25.1 Å². The highest BCUT2D eigenvalue weighted by Gasteiger charge is 2.20. The Morgan fingerprint density at radius 3 is 2.55 bits per heavy atom. The lowest BCUT2D eigenvalue weighted by atomic mass is 10.2. The molecule has 1 aromatic carbocycles. The summed E-state index contributed by atoms with van der Waals surface area (Å²) in [6, 6.07) is 10.9. The van der Waals surface area contributed by atoms with Gasteiger partial charge < -0.3 is 20.4 Å². The number of hydrogen-bond acceptors (Lipinski definition) is 9. The normalized spacial score (nSPS) is 14.3. The minimum Gasteiger partial charge on any atom is -0.338 e. The van der Waals surface area contributed by atoms with E-state index >= 15 is 0 Å². The van der Waals surface area contributed by atoms with Crippen molar-refractivity contribution in [3.8, 4) is 0 Å². The molecule has 0 unspecified atom stereocenters. The fraction of sp³-hybridized carbons (Fsp3) is 0.333. The van der Waals surface area contributed by atoms with Gasteiger partial charge in [-0.2, -0.15) is 20.1 Å². The molecule has 0 spiro atoms. The molecule has 1 amide bonds. The van der Waals surface area contributed by atoms with Crippen molar-refractivity contribution in [3.05, 3.63) is 54.0 Å². The molecular weight excluding hydrogens is 394 g/mol. The van der Waals surface area contributed by atoms with Crippen LogP contribution in [0.2, 0.25) is 0 Å². The molecule has 1 saturated heterocycles. The number of nitrogens with zero attached hydrogens (tertiary/aromatic N) is 7. The number of nitrogens with one attached hydrogen (secondary N) is 2. The molecule has 1 aliphatic rings. The average Bonchev–Trinajstić information content (AvgIpc) is 2.80. The second-order valence-electron chi connectivity index (χ2n) is 7.26. The van der Waals surface area contributed by atoms with E-state index in [-0.39, 0.29) is 11.7 Å². The molecule has 0 atom stereocenters. The van der Waals surface area contributed by atoms with Crippen molar-refractivity contribution in [3.63, 3.8) is 0 Å². The van der Waals surface area contributed by atoms with E-state index in [1.807, 2.05) is 37.3 Å². The number of carbonyl (C=O) groups excluding carboxylic acids is 1. The van der Waals surface area contributed by atoms with Gasteiger partial charge in [0.1, 0.15) is 5.82 Å². The molecule has 10 heteroatoms. The Hall–Kier alpha value is -3.66. The van der Waals surface area contributed by atoms with E-state index in [1.54, 1.807) is 6.07 Å². The van der Waals surface area contributed by atoms with Crippen LogP contribution in [0.3, 0.4) is 0 Å². The Kier molecular flexibility index (Phi) is 6.27. The fourth-order valence-electron chi connectivity index (χ4n) is 3.20. The van der Waals surface area contributed by atoms with E-state index in [4.69, 9.17) is 0 Å². The third-order valence-corrected chi connectivity index (χ3v) is 5.00. The highest BCUT2D eigenvalue weighted by molar-refractivity contribution is 6.07. The molecule has 4 rings (SSSR count). The monoisotopic (exact) mass is 419 g/mol. The Labute approximate surface area is 180 Å². The number of carbonyl (C=O) groups is 1. The standard InChI is InChI=1S/C21H25N9O/c1-3-17-24-20(27-21(25-17)30-13-11-29(2)12-14-30)26-18-16(9-10-22-28-18)19(31)23-15-7-5-4-6-8-15/h4-10H,3,11-14H2,1-2H3,(H,23,31)(H,24,25,26,27,28). The minimum atomic E-state index is -0.298. The van der Waals surface area contributed by atoms with Crippen LogP contribution in [0.5, 0.6) is 0 Å². The summed E-state index contributed by atoms with van der Waals surface area (Å²) >= 11 is 0. The first kappa shape index (κ1) is 20.6. The van der Waals surface area contributed by atoms with Crippen molar-refractivity contribution in [2.45, 2.75) is 13.3 Å². The summed E-state index contributed by atoms with van der Waals surface area (Å²) in [4.78, 5) is 30.9. The van der Waals surface area contributed by atoms with Crippen LogP contribution < -0.4 is 15.5 Å². The van der Waals surface area contributed by atoms with E-state index in [0.29, 0.717) is 35.4 Å². The Morgan fingerprint density at radius 2 is 1.81 bits per heavy atom. The van der Waals surface area contributed by atoms with Crippen molar-refractivity contribution in [1.29, 1.82) is 0 Å². The molecule has 3 aromatic rings. The summed E-state index contributed by atoms with van der Waals surface area (Å²) in [6.45, 7) is 5.58. The lowest BCUT2D eigenvalue weighted by Gasteiger charge is -2.32. The first-order chi connectivity index (χ1) is 15.1. The number of amides is 1. The minimum absolute atomic E-state index is 0.286. The second kappa shape index (κ2) is 9.43. The third kappa shape index (κ3) is 5.10. The van der Waals surface area contributed by atoms with E-state index in [9.17, 15) is 4.79 Å². The molecule has 3 heterocycles. The summed E-state index contributed by atoms with van der Waals surface area (Å²) in [5, 5.41) is 13.9. The van der Waals surface area contributed by atoms with E-state index in [2.05, 4.69) is 52.6 Å². The predicted octanol–water partition coefficient (Wildman–Crippen LogP) is 1.97. The van der Waals surface area contributed by atoms with Crippen LogP contribution in [0.15, 0.2) is 42.6 Å². The van der Waals surface area contributed by atoms with Crippen LogP contribution in [-0.2, 0) is 6.42 Å². The van der Waals surface area contributed by atoms with Crippen molar-refractivity contribution < 1.29 is 4.79 Å². The first-order valence-corrected chi connectivity index (χ1v) is 10.3. The van der Waals surface area contributed by atoms with Crippen LogP contribution in [-0.4, -0.2) is 69.2 Å². The molecular formula is C21H25N9O. The van der Waals surface area contributed by atoms with Crippen molar-refractivity contribution >= 4 is 29.3 Å². The zero-order valence-corrected chi connectivity index (χ0v) is 17.6. The van der Waals surface area contributed by atoms with Gasteiger partial charge in [0.2, 0.25) is 11.9 Å². The van der Waals surface area contributed by atoms with Crippen LogP contribution >= 0.6 is 0 Å². The summed E-state index contributed by atoms with van der Waals surface area (Å²) < 4.78 is 0. The second-order valence-corrected chi connectivity index (χ2v) is 7.26. The number of para-hydroxylation sites is 1. The highest BCUT2D eigenvalue weighted by Crippen LogP contribution is 2.19. The molecule has 0 bridgehead atoms. The van der Waals surface area contributed by atoms with E-state index in [1.165, 1.54) is 6.20 Å². The number of piperazine rings is 1. The van der Waals surface area contributed by atoms with Gasteiger partial charge in [0.05, 0.1) is 11.8 Å². The van der Waals surface area contributed by atoms with Crippen molar-refractivity contribution in [2.75, 3.05) is 48.8 Å². The molecule has 1 fully saturated rings. The summed E-state index contributed by atoms with van der Waals surface area (Å²) in [5.41, 5.74) is 1.04. The van der Waals surface area contributed by atoms with Crippen LogP contribution in [0.25, 0.3) is 0 Å². The quantitative estimate of drug-likeness (QED) is 0.619. The number of aryl methyl sites for hydroxylation is 1. The maximum atomic E-state index is 12.8. The maximum absolute atomic E-state index is 12.8. The third-order valence-electron chi connectivity index (χ3n) is 5.00. The predicted molar refractivity (Wildman–Crippen MR) is 119 cm³/mol. The van der Waals surface area contributed by atoms with Crippen LogP contribution in [0.4, 0.5) is 23.4 Å². The fourth-order valence-corrected chi connectivity index (χ4v) is 3.20. The number of anilines is 4. The first-order valence-electron chi connectivity index (χ1n) is 10.3. The molecule has 10 nitrogen and oxygen atoms in total. The van der Waals surface area contributed by atoms with Crippen LogP contribution in [0, 0.1) is 0 Å². The number of rotatable bonds is 6. The van der Waals surface area contributed by atoms with Gasteiger partial charge in [-0.15, -0.1) is 5.10 Å². The van der Waals surface area contributed by atoms with Gasteiger partial charge in [0.15, 0.2) is 5.82 Å². The zero-order valence-electron chi connectivity index (χ0n) is 17.6. The number of hydrogen-bond donors (Lipinski definition) is 2. The van der Waals surface area contributed by atoms with E-state index in [0.717, 1.165) is 26.2 Å². The highest BCUT2D eigenvalue weighted by atomic mass is 16.1. The molecule has 1 aliphatic heterocycles. The SMILES string of the molecule is CCc1nc(Nc2nnccc2C(=O)Nc2ccccc2)nc(N2CCN(C)CC2)n1. The average molecular weight is 419 g/mol. The number of benzene rings is 1. The topological polar surface area (TPSA) is 112 Å². The van der Waals surface area contributed by atoms with Crippen molar-refractivity contribution in [2.24, 2.45) is 0 Å². The number of likely N-dealkylation sites (N-methyl/N-ethyl adjacent to an activating group) is 1. The van der Waals surface area contributed by atoms with E-state index < -0.39 is 0 Å². The molecule has 160 valence electrons. The summed E-state index contributed by atoms with van der Waals surface area (Å²) in [5.74, 6) is 1.63. The zero-order chi connectivity index (χ0) is 21.6. The van der Waals surface area contributed by atoms with Gasteiger partial charge in [0.25, 0.3) is 5.91 Å². The summed E-state index contributed by atoms with van der Waals surface area (Å²) in [7, 11) is 2.10. The molecule has 2 N–H and O–H groups in total. The molecule has 0 radical (unpaired) electrons. The van der Waals surface area contributed by atoms with Crippen molar-refractivity contribution in [1.82, 2.24) is 30.0 Å². The van der Waals surface area contributed by atoms with Gasteiger partial charge in [-0.05, 0) is 25.2 Å². The largest absolute Gasteiger partial charge is 0.338 e. The molecule has 0 aliphatic carbocycles. The Morgan fingerprint density at radius 1 is 1.03 bits per heavy atom. The van der Waals surface area contributed by atoms with Gasteiger partial charge in [0, 0.05) is 38.3 Å². The lowest BCUT2D eigenvalue weighted by Crippen LogP contribution is -2.45. The van der Waals surface area contributed by atoms with Gasteiger partial charge >= 0.3 is 0 Å². The molecule has 31 heavy (non-hydrogen) atoms. The van der Waals surface area contributed by atoms with Crippen LogP contribution in [0.1, 0.15) is 23.1 Å². The molecule has 2 aromatic heterocycles. The van der Waals surface area contributed by atoms with Gasteiger partial charge in [-0.25, -0.2) is 0 Å². The molecule has 0 saturated carbocycles. The summed E-state index contributed by atoms with van der Waals surface area (Å²) in [6.07, 6.45) is 2.14. The smallest absolute Gasteiger partial charge is 0.259 e.